The van der Waals surface area contributed by atoms with Crippen LogP contribution in [0, 0.1) is 0 Å². The van der Waals surface area contributed by atoms with E-state index in [0.29, 0.717) is 18.2 Å². The molecule has 3 rings (SSSR count). The molecule has 0 saturated carbocycles. The van der Waals surface area contributed by atoms with Gasteiger partial charge < -0.3 is 14.9 Å². The van der Waals surface area contributed by atoms with Crippen LogP contribution in [0.3, 0.4) is 0 Å². The Hall–Kier alpha value is -1.92. The van der Waals surface area contributed by atoms with Gasteiger partial charge in [-0.25, -0.2) is 0 Å². The third-order valence-electron chi connectivity index (χ3n) is 4.13. The Balaban J connectivity index is 1.61. The highest BCUT2D eigenvalue weighted by Crippen LogP contribution is 2.27. The predicted molar refractivity (Wildman–Crippen MR) is 90.9 cm³/mol. The number of aliphatic hydroxyl groups is 1. The number of halogens is 1. The Morgan fingerprint density at radius 1 is 1.21 bits per heavy atom. The summed E-state index contributed by atoms with van der Waals surface area (Å²) in [4.78, 5) is 10.9. The molecule has 1 aliphatic rings. The Morgan fingerprint density at radius 2 is 1.92 bits per heavy atom. The number of aliphatic hydroxyl groups excluding tert-OH is 1. The van der Waals surface area contributed by atoms with Gasteiger partial charge in [0.05, 0.1) is 12.7 Å². The van der Waals surface area contributed by atoms with Crippen LogP contribution in [0.1, 0.15) is 5.56 Å². The fourth-order valence-electron chi connectivity index (χ4n) is 2.77. The molecule has 0 bridgehead atoms. The Labute approximate surface area is 144 Å². The van der Waals surface area contributed by atoms with Gasteiger partial charge in [0, 0.05) is 17.1 Å². The number of nitrogens with one attached hydrogen (secondary N) is 1. The molecule has 0 spiro atoms. The van der Waals surface area contributed by atoms with Gasteiger partial charge in [-0.05, 0) is 17.2 Å². The van der Waals surface area contributed by atoms with Crippen LogP contribution in [0.25, 0.3) is 11.1 Å². The molecule has 0 aliphatic carbocycles. The molecule has 1 saturated heterocycles. The SMILES string of the molecule is O=C(O)[C@@H]1NC[C@H](OCc2ccc(-c3ccccc3Cl)cc2)[C@H]1O. The molecule has 1 heterocycles. The lowest BCUT2D eigenvalue weighted by molar-refractivity contribution is -0.142. The van der Waals surface area contributed by atoms with E-state index in [0.717, 1.165) is 16.7 Å². The van der Waals surface area contributed by atoms with E-state index in [4.69, 9.17) is 21.4 Å². The van der Waals surface area contributed by atoms with Crippen LogP contribution < -0.4 is 5.32 Å². The normalized spacial score (nSPS) is 23.3. The highest BCUT2D eigenvalue weighted by atomic mass is 35.5. The maximum absolute atomic E-state index is 10.9. The Kier molecular flexibility index (Phi) is 5.16. The summed E-state index contributed by atoms with van der Waals surface area (Å²) in [5.74, 6) is -1.07. The molecule has 24 heavy (non-hydrogen) atoms. The molecular weight excluding hydrogens is 330 g/mol. The van der Waals surface area contributed by atoms with Crippen LogP contribution >= 0.6 is 11.6 Å². The number of carbonyl (C=O) groups is 1. The van der Waals surface area contributed by atoms with Crippen LogP contribution in [0.15, 0.2) is 48.5 Å². The lowest BCUT2D eigenvalue weighted by Crippen LogP contribution is -2.40. The maximum Gasteiger partial charge on any atom is 0.323 e. The molecule has 2 aromatic carbocycles. The molecule has 0 unspecified atom stereocenters. The standard InChI is InChI=1S/C18H18ClNO4/c19-14-4-2-1-3-13(14)12-7-5-11(6-8-12)10-24-15-9-20-16(17(15)21)18(22)23/h1-8,15-17,20-21H,9-10H2,(H,22,23)/t15-,16+,17+/m0/s1. The van der Waals surface area contributed by atoms with Crippen molar-refractivity contribution in [2.45, 2.75) is 24.9 Å². The van der Waals surface area contributed by atoms with E-state index in [1.807, 2.05) is 48.5 Å². The first-order chi connectivity index (χ1) is 11.6. The quantitative estimate of drug-likeness (QED) is 0.773. The van der Waals surface area contributed by atoms with Gasteiger partial charge in [-0.1, -0.05) is 54.1 Å². The molecule has 1 fully saturated rings. The van der Waals surface area contributed by atoms with E-state index in [2.05, 4.69) is 5.32 Å². The molecule has 6 heteroatoms. The number of hydrogen-bond donors (Lipinski definition) is 3. The number of rotatable bonds is 5. The minimum Gasteiger partial charge on any atom is -0.480 e. The van der Waals surface area contributed by atoms with Crippen LogP contribution in [-0.4, -0.2) is 41.0 Å². The molecule has 5 nitrogen and oxygen atoms in total. The van der Waals surface area contributed by atoms with Crippen molar-refractivity contribution in [3.8, 4) is 11.1 Å². The molecule has 0 radical (unpaired) electrons. The van der Waals surface area contributed by atoms with Crippen LogP contribution in [-0.2, 0) is 16.1 Å². The molecule has 3 N–H and O–H groups in total. The number of carboxylic acids is 1. The highest BCUT2D eigenvalue weighted by Gasteiger charge is 2.39. The highest BCUT2D eigenvalue weighted by molar-refractivity contribution is 6.33. The predicted octanol–water partition coefficient (Wildman–Crippen LogP) is 2.31. The maximum atomic E-state index is 10.9. The second kappa shape index (κ2) is 7.32. The van der Waals surface area contributed by atoms with Gasteiger partial charge in [0.15, 0.2) is 0 Å². The first kappa shape index (κ1) is 16.9. The molecule has 0 aromatic heterocycles. The zero-order valence-corrected chi connectivity index (χ0v) is 13.6. The van der Waals surface area contributed by atoms with Gasteiger partial charge in [0.25, 0.3) is 0 Å². The van der Waals surface area contributed by atoms with E-state index in [9.17, 15) is 9.90 Å². The fourth-order valence-corrected chi connectivity index (χ4v) is 3.01. The summed E-state index contributed by atoms with van der Waals surface area (Å²) in [5, 5.41) is 22.3. The summed E-state index contributed by atoms with van der Waals surface area (Å²) < 4.78 is 5.65. The average Bonchev–Trinajstić information content (AvgIpc) is 2.95. The van der Waals surface area contributed by atoms with Gasteiger partial charge in [0.1, 0.15) is 12.1 Å². The van der Waals surface area contributed by atoms with E-state index < -0.39 is 24.2 Å². The Morgan fingerprint density at radius 3 is 2.54 bits per heavy atom. The third-order valence-corrected chi connectivity index (χ3v) is 4.46. The first-order valence-corrected chi connectivity index (χ1v) is 8.04. The Bertz CT molecular complexity index is 719. The van der Waals surface area contributed by atoms with Gasteiger partial charge in [-0.15, -0.1) is 0 Å². The summed E-state index contributed by atoms with van der Waals surface area (Å²) in [6, 6.07) is 14.4. The minimum atomic E-state index is -1.07. The third kappa shape index (κ3) is 3.60. The topological polar surface area (TPSA) is 78.8 Å². The molecule has 1 aliphatic heterocycles. The van der Waals surface area contributed by atoms with E-state index >= 15 is 0 Å². The minimum absolute atomic E-state index is 0.304. The summed E-state index contributed by atoms with van der Waals surface area (Å²) >= 11 is 6.19. The fraction of sp³-hybridized carbons (Fsp3) is 0.278. The molecule has 2 aromatic rings. The van der Waals surface area contributed by atoms with Gasteiger partial charge in [-0.2, -0.15) is 0 Å². The monoisotopic (exact) mass is 347 g/mol. The number of ether oxygens (including phenoxy) is 1. The first-order valence-electron chi connectivity index (χ1n) is 7.66. The second-order valence-corrected chi connectivity index (χ2v) is 6.15. The molecule has 126 valence electrons. The van der Waals surface area contributed by atoms with Crippen molar-refractivity contribution in [2.75, 3.05) is 6.54 Å². The van der Waals surface area contributed by atoms with E-state index in [1.54, 1.807) is 0 Å². The van der Waals surface area contributed by atoms with Crippen LogP contribution in [0.4, 0.5) is 0 Å². The smallest absolute Gasteiger partial charge is 0.323 e. The van der Waals surface area contributed by atoms with Crippen LogP contribution in [0.2, 0.25) is 5.02 Å². The second-order valence-electron chi connectivity index (χ2n) is 5.74. The number of benzene rings is 2. The lowest BCUT2D eigenvalue weighted by Gasteiger charge is -2.16. The number of carboxylic acid groups (broad SMARTS) is 1. The van der Waals surface area contributed by atoms with Crippen molar-refractivity contribution in [1.29, 1.82) is 0 Å². The van der Waals surface area contributed by atoms with Crippen molar-refractivity contribution in [1.82, 2.24) is 5.32 Å². The average molecular weight is 348 g/mol. The van der Waals surface area contributed by atoms with Crippen molar-refractivity contribution in [3.05, 3.63) is 59.1 Å². The van der Waals surface area contributed by atoms with Gasteiger partial charge in [-0.3, -0.25) is 10.1 Å². The number of hydrogen-bond acceptors (Lipinski definition) is 4. The summed E-state index contributed by atoms with van der Waals surface area (Å²) in [6.07, 6.45) is -1.58. The summed E-state index contributed by atoms with van der Waals surface area (Å²) in [6.45, 7) is 0.619. The van der Waals surface area contributed by atoms with Crippen molar-refractivity contribution in [3.63, 3.8) is 0 Å². The molecular formula is C18H18ClNO4. The van der Waals surface area contributed by atoms with Gasteiger partial charge in [0.2, 0.25) is 0 Å². The molecule has 0 amide bonds. The van der Waals surface area contributed by atoms with E-state index in [-0.39, 0.29) is 0 Å². The zero-order chi connectivity index (χ0) is 17.1. The number of aliphatic carboxylic acids is 1. The van der Waals surface area contributed by atoms with Gasteiger partial charge >= 0.3 is 5.97 Å². The zero-order valence-electron chi connectivity index (χ0n) is 12.9. The van der Waals surface area contributed by atoms with Crippen LogP contribution in [0.5, 0.6) is 0 Å². The summed E-state index contributed by atoms with van der Waals surface area (Å²) in [7, 11) is 0. The largest absolute Gasteiger partial charge is 0.480 e. The van der Waals surface area contributed by atoms with Crippen molar-refractivity contribution >= 4 is 17.6 Å². The van der Waals surface area contributed by atoms with Crippen molar-refractivity contribution < 1.29 is 19.7 Å². The lowest BCUT2D eigenvalue weighted by atomic mass is 10.0. The molecule has 3 atom stereocenters. The summed E-state index contributed by atoms with van der Waals surface area (Å²) in [5.41, 5.74) is 2.92. The van der Waals surface area contributed by atoms with Crippen molar-refractivity contribution in [2.24, 2.45) is 0 Å². The van der Waals surface area contributed by atoms with E-state index in [1.165, 1.54) is 0 Å².